The molecule has 1 aliphatic heterocycles. The van der Waals surface area contributed by atoms with Crippen molar-refractivity contribution in [3.05, 3.63) is 0 Å². The molecule has 0 aliphatic carbocycles. The molecular weight excluding hydrogens is 180 g/mol. The van der Waals surface area contributed by atoms with Crippen LogP contribution in [0.2, 0.25) is 0 Å². The van der Waals surface area contributed by atoms with Crippen molar-refractivity contribution >= 4 is 5.78 Å². The average molecular weight is 200 g/mol. The summed E-state index contributed by atoms with van der Waals surface area (Å²) in [6.45, 7) is 8.30. The van der Waals surface area contributed by atoms with Crippen LogP contribution in [0.25, 0.3) is 0 Å². The molecule has 1 unspecified atom stereocenters. The van der Waals surface area contributed by atoms with Crippen LogP contribution >= 0.6 is 0 Å². The Morgan fingerprint density at radius 2 is 2.21 bits per heavy atom. The molecule has 0 aromatic rings. The second-order valence-corrected chi connectivity index (χ2v) is 4.30. The lowest BCUT2D eigenvalue weighted by Gasteiger charge is -2.38. The Morgan fingerprint density at radius 3 is 2.71 bits per heavy atom. The SMILES string of the molecule is CCC(=O)[C@@H](C)C1CCOC(C)(C)O1. The van der Waals surface area contributed by atoms with E-state index in [2.05, 4.69) is 0 Å². The van der Waals surface area contributed by atoms with Crippen molar-refractivity contribution in [2.45, 2.75) is 52.4 Å². The third-order valence-electron chi connectivity index (χ3n) is 2.70. The van der Waals surface area contributed by atoms with Crippen molar-refractivity contribution < 1.29 is 14.3 Å². The summed E-state index contributed by atoms with van der Waals surface area (Å²) in [4.78, 5) is 11.5. The number of hydrogen-bond donors (Lipinski definition) is 0. The molecule has 3 nitrogen and oxygen atoms in total. The van der Waals surface area contributed by atoms with Crippen molar-refractivity contribution in [2.75, 3.05) is 6.61 Å². The maximum atomic E-state index is 11.5. The summed E-state index contributed by atoms with van der Waals surface area (Å²) in [5.41, 5.74) is 0. The van der Waals surface area contributed by atoms with Crippen molar-refractivity contribution in [1.29, 1.82) is 0 Å². The predicted octanol–water partition coefficient (Wildman–Crippen LogP) is 2.14. The van der Waals surface area contributed by atoms with E-state index < -0.39 is 5.79 Å². The van der Waals surface area contributed by atoms with Crippen LogP contribution in [0.4, 0.5) is 0 Å². The Labute approximate surface area is 85.8 Å². The van der Waals surface area contributed by atoms with Gasteiger partial charge < -0.3 is 9.47 Å². The zero-order valence-electron chi connectivity index (χ0n) is 9.50. The van der Waals surface area contributed by atoms with E-state index in [1.165, 1.54) is 0 Å². The normalized spacial score (nSPS) is 28.4. The molecule has 1 saturated heterocycles. The van der Waals surface area contributed by atoms with Gasteiger partial charge in [-0.25, -0.2) is 0 Å². The molecule has 0 saturated carbocycles. The van der Waals surface area contributed by atoms with E-state index >= 15 is 0 Å². The van der Waals surface area contributed by atoms with E-state index in [1.54, 1.807) is 0 Å². The first-order valence-corrected chi connectivity index (χ1v) is 5.31. The van der Waals surface area contributed by atoms with Gasteiger partial charge in [0.15, 0.2) is 5.79 Å². The van der Waals surface area contributed by atoms with E-state index in [0.717, 1.165) is 6.42 Å². The van der Waals surface area contributed by atoms with Gasteiger partial charge in [-0.05, 0) is 20.3 Å². The topological polar surface area (TPSA) is 35.5 Å². The van der Waals surface area contributed by atoms with Crippen LogP contribution in [0.3, 0.4) is 0 Å². The maximum Gasteiger partial charge on any atom is 0.163 e. The molecule has 0 bridgehead atoms. The first-order valence-electron chi connectivity index (χ1n) is 5.31. The van der Waals surface area contributed by atoms with Crippen LogP contribution in [0.15, 0.2) is 0 Å². The summed E-state index contributed by atoms with van der Waals surface area (Å²) in [6.07, 6.45) is 1.42. The van der Waals surface area contributed by atoms with Crippen LogP contribution in [0.5, 0.6) is 0 Å². The number of ether oxygens (including phenoxy) is 2. The van der Waals surface area contributed by atoms with Crippen molar-refractivity contribution in [2.24, 2.45) is 5.92 Å². The Hall–Kier alpha value is -0.410. The van der Waals surface area contributed by atoms with Crippen molar-refractivity contribution in [1.82, 2.24) is 0 Å². The molecule has 2 atom stereocenters. The minimum Gasteiger partial charge on any atom is -0.350 e. The fourth-order valence-corrected chi connectivity index (χ4v) is 1.76. The van der Waals surface area contributed by atoms with Crippen LogP contribution in [-0.4, -0.2) is 24.3 Å². The summed E-state index contributed by atoms with van der Waals surface area (Å²) in [7, 11) is 0. The molecule has 0 spiro atoms. The van der Waals surface area contributed by atoms with E-state index in [1.807, 2.05) is 27.7 Å². The molecule has 0 N–H and O–H groups in total. The Balaban J connectivity index is 2.56. The molecule has 1 heterocycles. The monoisotopic (exact) mass is 200 g/mol. The molecule has 1 rings (SSSR count). The number of Topliss-reactive ketones (excluding diaryl/α,β-unsaturated/α-hetero) is 1. The molecule has 0 aromatic heterocycles. The molecule has 14 heavy (non-hydrogen) atoms. The second-order valence-electron chi connectivity index (χ2n) is 4.30. The minimum absolute atomic E-state index is 0.0109. The van der Waals surface area contributed by atoms with E-state index in [9.17, 15) is 4.79 Å². The number of hydrogen-bond acceptors (Lipinski definition) is 3. The zero-order valence-corrected chi connectivity index (χ0v) is 9.50. The first-order chi connectivity index (χ1) is 6.46. The Kier molecular flexibility index (Phi) is 3.67. The molecular formula is C11H20O3. The fourth-order valence-electron chi connectivity index (χ4n) is 1.76. The maximum absolute atomic E-state index is 11.5. The van der Waals surface area contributed by atoms with Gasteiger partial charge >= 0.3 is 0 Å². The summed E-state index contributed by atoms with van der Waals surface area (Å²) in [5.74, 6) is -0.276. The summed E-state index contributed by atoms with van der Waals surface area (Å²) >= 11 is 0. The highest BCUT2D eigenvalue weighted by atomic mass is 16.7. The quantitative estimate of drug-likeness (QED) is 0.700. The molecule has 0 aromatic carbocycles. The van der Waals surface area contributed by atoms with Gasteiger partial charge in [0.2, 0.25) is 0 Å². The second kappa shape index (κ2) is 4.41. The molecule has 82 valence electrons. The lowest BCUT2D eigenvalue weighted by molar-refractivity contribution is -0.279. The minimum atomic E-state index is -0.537. The van der Waals surface area contributed by atoms with Crippen LogP contribution in [0.1, 0.15) is 40.5 Å². The van der Waals surface area contributed by atoms with E-state index in [-0.39, 0.29) is 17.8 Å². The first kappa shape index (κ1) is 11.7. The highest BCUT2D eigenvalue weighted by Gasteiger charge is 2.34. The van der Waals surface area contributed by atoms with Gasteiger partial charge in [-0.2, -0.15) is 0 Å². The molecule has 3 heteroatoms. The smallest absolute Gasteiger partial charge is 0.163 e. The summed E-state index contributed by atoms with van der Waals surface area (Å²) in [5, 5.41) is 0. The van der Waals surface area contributed by atoms with Gasteiger partial charge in [0.05, 0.1) is 12.7 Å². The average Bonchev–Trinajstić information content (AvgIpc) is 2.14. The third-order valence-corrected chi connectivity index (χ3v) is 2.70. The summed E-state index contributed by atoms with van der Waals surface area (Å²) < 4.78 is 11.1. The Bertz CT molecular complexity index is 211. The standard InChI is InChI=1S/C11H20O3/c1-5-9(12)8(2)10-6-7-13-11(3,4)14-10/h8,10H,5-7H2,1-4H3/t8-,10?/m1/s1. The largest absolute Gasteiger partial charge is 0.350 e. The van der Waals surface area contributed by atoms with Gasteiger partial charge in [-0.15, -0.1) is 0 Å². The number of ketones is 1. The van der Waals surface area contributed by atoms with Crippen LogP contribution in [-0.2, 0) is 14.3 Å². The van der Waals surface area contributed by atoms with E-state index in [0.29, 0.717) is 13.0 Å². The predicted molar refractivity (Wildman–Crippen MR) is 54.0 cm³/mol. The highest BCUT2D eigenvalue weighted by molar-refractivity contribution is 5.80. The lowest BCUT2D eigenvalue weighted by Crippen LogP contribution is -2.44. The molecule has 0 amide bonds. The van der Waals surface area contributed by atoms with Crippen molar-refractivity contribution in [3.8, 4) is 0 Å². The Morgan fingerprint density at radius 1 is 1.57 bits per heavy atom. The lowest BCUT2D eigenvalue weighted by atomic mass is 9.95. The molecule has 1 aliphatic rings. The molecule has 0 radical (unpaired) electrons. The summed E-state index contributed by atoms with van der Waals surface area (Å²) in [6, 6.07) is 0. The third kappa shape index (κ3) is 2.79. The fraction of sp³-hybridized carbons (Fsp3) is 0.909. The number of rotatable bonds is 3. The zero-order chi connectivity index (χ0) is 10.8. The van der Waals surface area contributed by atoms with Gasteiger partial charge in [0, 0.05) is 12.3 Å². The van der Waals surface area contributed by atoms with E-state index in [4.69, 9.17) is 9.47 Å². The number of carbonyl (C=O) groups is 1. The van der Waals surface area contributed by atoms with Crippen molar-refractivity contribution in [3.63, 3.8) is 0 Å². The van der Waals surface area contributed by atoms with Gasteiger partial charge in [-0.3, -0.25) is 4.79 Å². The number of carbonyl (C=O) groups excluding carboxylic acids is 1. The van der Waals surface area contributed by atoms with Crippen LogP contribution < -0.4 is 0 Å². The van der Waals surface area contributed by atoms with Gasteiger partial charge in [0.1, 0.15) is 5.78 Å². The van der Waals surface area contributed by atoms with Crippen LogP contribution in [0, 0.1) is 5.92 Å². The molecule has 1 fully saturated rings. The van der Waals surface area contributed by atoms with Gasteiger partial charge in [-0.1, -0.05) is 13.8 Å². The van der Waals surface area contributed by atoms with Gasteiger partial charge in [0.25, 0.3) is 0 Å². The highest BCUT2D eigenvalue weighted by Crippen LogP contribution is 2.27.